The number of morpholine rings is 1. The van der Waals surface area contributed by atoms with Crippen LogP contribution in [-0.4, -0.2) is 85.9 Å². The first kappa shape index (κ1) is 37.7. The number of hydrogen-bond acceptors (Lipinski definition) is 9. The highest BCUT2D eigenvalue weighted by atomic mass is 32.2. The quantitative estimate of drug-likeness (QED) is 0.181. The molecule has 1 amide bonds. The maximum absolute atomic E-state index is 13.7. The van der Waals surface area contributed by atoms with Crippen LogP contribution in [0.25, 0.3) is 11.1 Å². The van der Waals surface area contributed by atoms with E-state index in [2.05, 4.69) is 20.0 Å². The average Bonchev–Trinajstić information content (AvgIpc) is 3.08. The first-order valence-corrected chi connectivity index (χ1v) is 17.8. The molecule has 9 nitrogen and oxygen atoms in total. The van der Waals surface area contributed by atoms with E-state index < -0.39 is 30.1 Å². The lowest BCUT2D eigenvalue weighted by Crippen LogP contribution is -2.43. The molecule has 1 aliphatic carbocycles. The first-order valence-electron chi connectivity index (χ1n) is 16.4. The number of benzene rings is 2. The molecule has 0 spiro atoms. The van der Waals surface area contributed by atoms with Gasteiger partial charge in [-0.25, -0.2) is 19.4 Å². The molecule has 2 aliphatic rings. The third-order valence-electron chi connectivity index (χ3n) is 8.77. The van der Waals surface area contributed by atoms with E-state index in [9.17, 15) is 27.6 Å². The minimum Gasteiger partial charge on any atom is -0.379 e. The van der Waals surface area contributed by atoms with Crippen molar-refractivity contribution in [1.29, 1.82) is 0 Å². The number of hydrogen-bond donors (Lipinski definition) is 1. The second-order valence-corrected chi connectivity index (χ2v) is 13.3. The third-order valence-corrected chi connectivity index (χ3v) is 9.41. The largest absolute Gasteiger partial charge is 0.495 e. The molecule has 2 fully saturated rings. The highest BCUT2D eigenvalue weighted by Crippen LogP contribution is 2.31. The predicted molar refractivity (Wildman–Crippen MR) is 176 cm³/mol. The van der Waals surface area contributed by atoms with Gasteiger partial charge in [-0.3, -0.25) is 9.69 Å². The van der Waals surface area contributed by atoms with Crippen molar-refractivity contribution in [3.8, 4) is 11.1 Å². The Morgan fingerprint density at radius 1 is 1.02 bits per heavy atom. The molecule has 1 saturated carbocycles. The van der Waals surface area contributed by atoms with Crippen LogP contribution in [0.4, 0.5) is 13.2 Å². The van der Waals surface area contributed by atoms with Crippen molar-refractivity contribution in [3.05, 3.63) is 59.2 Å². The molecule has 1 N–H and O–H groups in total. The van der Waals surface area contributed by atoms with E-state index in [0.29, 0.717) is 37.1 Å². The Bertz CT molecular complexity index is 1340. The van der Waals surface area contributed by atoms with Crippen molar-refractivity contribution in [2.24, 2.45) is 5.92 Å². The Morgan fingerprint density at radius 3 is 2.44 bits per heavy atom. The van der Waals surface area contributed by atoms with Crippen molar-refractivity contribution < 1.29 is 46.8 Å². The molecular weight excluding hydrogens is 649 g/mol. The molecule has 2 atom stereocenters. The van der Waals surface area contributed by atoms with Crippen molar-refractivity contribution in [1.82, 2.24) is 10.2 Å². The Morgan fingerprint density at radius 2 is 1.75 bits per heavy atom. The van der Waals surface area contributed by atoms with Gasteiger partial charge in [-0.15, -0.1) is 0 Å². The maximum Gasteiger partial charge on any atom is 0.495 e. The minimum absolute atomic E-state index is 0.0342. The van der Waals surface area contributed by atoms with Gasteiger partial charge in [0, 0.05) is 25.2 Å². The monoisotopic (exact) mass is 694 g/mol. The summed E-state index contributed by atoms with van der Waals surface area (Å²) >= 11 is 1.36. The van der Waals surface area contributed by atoms with Gasteiger partial charge in [0.1, 0.15) is 6.04 Å². The highest BCUT2D eigenvalue weighted by molar-refractivity contribution is 7.98. The van der Waals surface area contributed by atoms with E-state index in [-0.39, 0.29) is 18.1 Å². The van der Waals surface area contributed by atoms with Crippen LogP contribution in [0.5, 0.6) is 0 Å². The van der Waals surface area contributed by atoms with Crippen molar-refractivity contribution in [2.45, 2.75) is 76.8 Å². The topological polar surface area (TPSA) is 103 Å². The number of nitrogens with one attached hydrogen (secondary N) is 1. The van der Waals surface area contributed by atoms with Crippen LogP contribution < -0.4 is 5.32 Å². The smallest absolute Gasteiger partial charge is 0.379 e. The standard InChI is InChI=1S/C35H45F3N2O7S/c1-24-8-6-7-11-28(24)30-21-26(23-45-27(20-25-9-4-3-5-10-25)22-40-15-17-44-18-16-40)12-13-29(30)32(41)39-31(14-19-48-2)33(42)46-47-34(43)35(36,37)38/h6-8,11-13,21,25,27,31H,3-5,9-10,14-20,22-23H2,1-2H3,(H,39,41). The van der Waals surface area contributed by atoms with Crippen molar-refractivity contribution in [3.63, 3.8) is 0 Å². The summed E-state index contributed by atoms with van der Waals surface area (Å²) in [6, 6.07) is 11.6. The summed E-state index contributed by atoms with van der Waals surface area (Å²) in [6.45, 7) is 6.29. The molecule has 2 aromatic rings. The van der Waals surface area contributed by atoms with Gasteiger partial charge in [0.15, 0.2) is 0 Å². The van der Waals surface area contributed by atoms with E-state index in [1.807, 2.05) is 43.3 Å². The van der Waals surface area contributed by atoms with Crippen molar-refractivity contribution in [2.75, 3.05) is 44.9 Å². The number of thioether (sulfide) groups is 1. The lowest BCUT2D eigenvalue weighted by Gasteiger charge is -2.33. The van der Waals surface area contributed by atoms with Crippen molar-refractivity contribution >= 4 is 29.6 Å². The fourth-order valence-electron chi connectivity index (χ4n) is 6.16. The zero-order chi connectivity index (χ0) is 34.5. The van der Waals surface area contributed by atoms with Crippen LogP contribution in [0, 0.1) is 12.8 Å². The van der Waals surface area contributed by atoms with Gasteiger partial charge in [0.25, 0.3) is 5.91 Å². The molecule has 1 heterocycles. The van der Waals surface area contributed by atoms with Crippen LogP contribution >= 0.6 is 11.8 Å². The summed E-state index contributed by atoms with van der Waals surface area (Å²) in [6.07, 6.45) is 3.75. The van der Waals surface area contributed by atoms with Gasteiger partial charge in [-0.2, -0.15) is 24.9 Å². The fourth-order valence-corrected chi connectivity index (χ4v) is 6.63. The molecule has 48 heavy (non-hydrogen) atoms. The molecule has 264 valence electrons. The zero-order valence-electron chi connectivity index (χ0n) is 27.5. The second kappa shape index (κ2) is 18.6. The number of ether oxygens (including phenoxy) is 2. The molecule has 1 aliphatic heterocycles. The SMILES string of the molecule is CSCCC(NC(=O)c1ccc(COC(CC2CCCCC2)CN2CCOCC2)cc1-c1ccccc1C)C(=O)OOC(=O)C(F)(F)F. The molecule has 2 unspecified atom stereocenters. The predicted octanol–water partition coefficient (Wildman–Crippen LogP) is 6.27. The van der Waals surface area contributed by atoms with E-state index in [1.54, 1.807) is 12.3 Å². The Balaban J connectivity index is 1.53. The van der Waals surface area contributed by atoms with Gasteiger partial charge in [0.2, 0.25) is 0 Å². The van der Waals surface area contributed by atoms with Crippen LogP contribution in [0.2, 0.25) is 0 Å². The Labute approximate surface area is 284 Å². The van der Waals surface area contributed by atoms with E-state index in [0.717, 1.165) is 42.7 Å². The summed E-state index contributed by atoms with van der Waals surface area (Å²) < 4.78 is 49.8. The Hall–Kier alpha value is -3.13. The van der Waals surface area contributed by atoms with E-state index in [1.165, 1.54) is 43.9 Å². The second-order valence-electron chi connectivity index (χ2n) is 12.4. The fraction of sp³-hybridized carbons (Fsp3) is 0.571. The summed E-state index contributed by atoms with van der Waals surface area (Å²) in [5.41, 5.74) is 3.47. The van der Waals surface area contributed by atoms with Gasteiger partial charge >= 0.3 is 18.1 Å². The number of nitrogens with zero attached hydrogens (tertiary/aromatic N) is 1. The highest BCUT2D eigenvalue weighted by Gasteiger charge is 2.43. The number of aryl methyl sites for hydroxylation is 1. The molecule has 2 aromatic carbocycles. The summed E-state index contributed by atoms with van der Waals surface area (Å²) in [7, 11) is 0. The minimum atomic E-state index is -5.34. The van der Waals surface area contributed by atoms with Gasteiger partial charge < -0.3 is 14.8 Å². The molecular formula is C35H45F3N2O7S. The van der Waals surface area contributed by atoms with Crippen LogP contribution in [0.3, 0.4) is 0 Å². The van der Waals surface area contributed by atoms with E-state index >= 15 is 0 Å². The molecule has 4 rings (SSSR count). The van der Waals surface area contributed by atoms with Crippen LogP contribution in [0.1, 0.15) is 66.4 Å². The number of halogens is 3. The molecule has 0 aromatic heterocycles. The number of carbonyl (C=O) groups excluding carboxylic acids is 3. The lowest BCUT2D eigenvalue weighted by molar-refractivity contribution is -0.286. The zero-order valence-corrected chi connectivity index (χ0v) is 28.3. The molecule has 0 bridgehead atoms. The number of amides is 1. The maximum atomic E-state index is 13.7. The number of carbonyl (C=O) groups is 3. The lowest BCUT2D eigenvalue weighted by atomic mass is 9.85. The van der Waals surface area contributed by atoms with Gasteiger partial charge in [-0.05, 0) is 72.1 Å². The summed E-state index contributed by atoms with van der Waals surface area (Å²) in [4.78, 5) is 47.7. The van der Waals surface area contributed by atoms with Crippen LogP contribution in [-0.2, 0) is 35.4 Å². The molecule has 1 saturated heterocycles. The summed E-state index contributed by atoms with van der Waals surface area (Å²) in [5.74, 6) is -3.60. The number of alkyl halides is 3. The van der Waals surface area contributed by atoms with Crippen LogP contribution in [0.15, 0.2) is 42.5 Å². The normalized spacial score (nSPS) is 17.4. The van der Waals surface area contributed by atoms with E-state index in [4.69, 9.17) is 9.47 Å². The van der Waals surface area contributed by atoms with Gasteiger partial charge in [0.05, 0.1) is 25.9 Å². The number of rotatable bonds is 14. The third kappa shape index (κ3) is 11.5. The first-order chi connectivity index (χ1) is 23.0. The molecule has 13 heteroatoms. The summed E-state index contributed by atoms with van der Waals surface area (Å²) in [5, 5.41) is 2.57. The average molecular weight is 695 g/mol. The Kier molecular flexibility index (Phi) is 14.6. The molecule has 0 radical (unpaired) electrons. The van der Waals surface area contributed by atoms with Gasteiger partial charge in [-0.1, -0.05) is 62.4 Å².